The monoisotopic (exact) mass is 691 g/mol. The maximum absolute atomic E-state index is 6.51. The molecule has 1 N–H and O–H groups in total. The third kappa shape index (κ3) is 7.69. The Balaban J connectivity index is 1.04. The minimum absolute atomic E-state index is 0.218. The number of halogens is 1. The summed E-state index contributed by atoms with van der Waals surface area (Å²) < 4.78 is 27.4. The number of nitrogens with one attached hydrogen (secondary N) is 1. The lowest BCUT2D eigenvalue weighted by Gasteiger charge is -2.43. The number of fused-ring (bicyclic) bond motifs is 2. The van der Waals surface area contributed by atoms with Crippen molar-refractivity contribution in [1.82, 2.24) is 39.4 Å². The van der Waals surface area contributed by atoms with Crippen molar-refractivity contribution in [2.75, 3.05) is 38.9 Å². The lowest BCUT2D eigenvalue weighted by atomic mass is 9.89. The minimum atomic E-state index is -0.331. The Bertz CT molecular complexity index is 1630. The summed E-state index contributed by atoms with van der Waals surface area (Å²) in [5, 5.41) is 13.0. The molecule has 0 spiro atoms. The highest BCUT2D eigenvalue weighted by Crippen LogP contribution is 2.40. The van der Waals surface area contributed by atoms with Gasteiger partial charge in [-0.15, -0.1) is 5.10 Å². The van der Waals surface area contributed by atoms with Crippen LogP contribution in [-0.4, -0.2) is 91.1 Å². The number of aromatic nitrogens is 7. The lowest BCUT2D eigenvalue weighted by molar-refractivity contribution is -0.0458. The summed E-state index contributed by atoms with van der Waals surface area (Å²) >= 11 is 6.51. The average Bonchev–Trinajstić information content (AvgIpc) is 3.86. The predicted octanol–water partition coefficient (Wildman–Crippen LogP) is 6.32. The SMILES string of the molecule is CC[C@H](Oc1cc(-c2cnc(Nc3cn(C4CCC(N5[C@@H]6CC[C@H]5COC6)CC4)nc3OCC(C)COC)nc2)ccc1Cl)n1cncn1. The maximum Gasteiger partial charge on any atom is 0.256 e. The molecule has 1 saturated carbocycles. The Hall–Kier alpha value is -3.78. The van der Waals surface area contributed by atoms with Gasteiger partial charge in [0.25, 0.3) is 5.88 Å². The largest absolute Gasteiger partial charge is 0.475 e. The van der Waals surface area contributed by atoms with Crippen LogP contribution in [0.3, 0.4) is 0 Å². The Kier molecular flexibility index (Phi) is 10.6. The van der Waals surface area contributed by atoms with Gasteiger partial charge in [0.2, 0.25) is 5.95 Å². The smallest absolute Gasteiger partial charge is 0.256 e. The van der Waals surface area contributed by atoms with Crippen LogP contribution in [0.4, 0.5) is 11.6 Å². The number of hydrogen-bond donors (Lipinski definition) is 1. The zero-order valence-electron chi connectivity index (χ0n) is 28.4. The topological polar surface area (TPSA) is 126 Å². The molecule has 3 aromatic heterocycles. The first-order valence-corrected chi connectivity index (χ1v) is 17.8. The molecule has 0 amide bonds. The van der Waals surface area contributed by atoms with Gasteiger partial charge in [0, 0.05) is 55.5 Å². The first kappa shape index (κ1) is 33.7. The second-order valence-corrected chi connectivity index (χ2v) is 13.9. The zero-order chi connectivity index (χ0) is 33.7. The maximum atomic E-state index is 6.51. The van der Waals surface area contributed by atoms with Crippen LogP contribution >= 0.6 is 11.6 Å². The van der Waals surface area contributed by atoms with E-state index >= 15 is 0 Å². The molecule has 2 aliphatic heterocycles. The third-order valence-electron chi connectivity index (χ3n) is 9.92. The van der Waals surface area contributed by atoms with Gasteiger partial charge in [0.1, 0.15) is 24.1 Å². The standard InChI is InChI=1S/C35H46ClN9O4/c1-4-33(44-22-37-21-40-44)49-32-13-24(5-12-30(32)36)25-14-38-35(39-15-25)41-31-16-43(42-34(31)48-18-23(2)17-46-3)26-6-8-27(9-7-26)45-28-10-11-29(45)20-47-19-28/h5,12-16,21-23,26-29,33H,4,6-11,17-20H2,1-3H3,(H,38,39,41)/t23?,26?,27?,28-,29+,33-/m0/s1. The molecule has 1 aromatic carbocycles. The van der Waals surface area contributed by atoms with Crippen molar-refractivity contribution >= 4 is 23.2 Å². The number of anilines is 2. The van der Waals surface area contributed by atoms with Crippen molar-refractivity contribution < 1.29 is 18.9 Å². The summed E-state index contributed by atoms with van der Waals surface area (Å²) in [6.07, 6.45) is 16.1. The number of nitrogens with zero attached hydrogens (tertiary/aromatic N) is 8. The van der Waals surface area contributed by atoms with Gasteiger partial charge in [-0.25, -0.2) is 19.6 Å². The van der Waals surface area contributed by atoms with Crippen LogP contribution in [0.5, 0.6) is 11.6 Å². The zero-order valence-corrected chi connectivity index (χ0v) is 29.2. The summed E-state index contributed by atoms with van der Waals surface area (Å²) in [7, 11) is 1.71. The van der Waals surface area contributed by atoms with Crippen LogP contribution in [0.1, 0.15) is 71.1 Å². The molecule has 5 heterocycles. The Labute approximate surface area is 292 Å². The molecular weight excluding hydrogens is 646 g/mol. The van der Waals surface area contributed by atoms with Crippen molar-refractivity contribution in [3.63, 3.8) is 0 Å². The summed E-state index contributed by atoms with van der Waals surface area (Å²) in [6.45, 7) is 6.98. The van der Waals surface area contributed by atoms with E-state index in [4.69, 9.17) is 35.6 Å². The van der Waals surface area contributed by atoms with Crippen molar-refractivity contribution in [2.45, 2.75) is 89.2 Å². The highest BCUT2D eigenvalue weighted by Gasteiger charge is 2.42. The van der Waals surface area contributed by atoms with E-state index in [1.807, 2.05) is 31.3 Å². The van der Waals surface area contributed by atoms with E-state index in [0.717, 1.165) is 42.9 Å². The van der Waals surface area contributed by atoms with Gasteiger partial charge in [-0.05, 0) is 56.2 Å². The van der Waals surface area contributed by atoms with Gasteiger partial charge in [0.05, 0.1) is 43.7 Å². The normalized spacial score (nSPS) is 23.7. The first-order chi connectivity index (χ1) is 24.0. The second kappa shape index (κ2) is 15.4. The number of rotatable bonds is 14. The van der Waals surface area contributed by atoms with E-state index in [-0.39, 0.29) is 12.1 Å². The molecule has 49 heavy (non-hydrogen) atoms. The van der Waals surface area contributed by atoms with E-state index in [1.54, 1.807) is 30.5 Å². The summed E-state index contributed by atoms with van der Waals surface area (Å²) in [5.41, 5.74) is 2.45. The molecule has 1 aliphatic carbocycles. The molecule has 13 nitrogen and oxygen atoms in total. The van der Waals surface area contributed by atoms with Crippen LogP contribution in [0.15, 0.2) is 49.4 Å². The van der Waals surface area contributed by atoms with Crippen molar-refractivity contribution in [1.29, 1.82) is 0 Å². The highest BCUT2D eigenvalue weighted by atomic mass is 35.5. The molecule has 4 aromatic rings. The van der Waals surface area contributed by atoms with Crippen molar-refractivity contribution in [2.24, 2.45) is 5.92 Å². The van der Waals surface area contributed by atoms with Gasteiger partial charge in [-0.1, -0.05) is 31.5 Å². The van der Waals surface area contributed by atoms with E-state index in [2.05, 4.69) is 41.9 Å². The molecule has 2 bridgehead atoms. The number of methoxy groups -OCH3 is 1. The fraction of sp³-hybridized carbons (Fsp3) is 0.571. The van der Waals surface area contributed by atoms with E-state index in [9.17, 15) is 0 Å². The van der Waals surface area contributed by atoms with Crippen molar-refractivity contribution in [3.05, 3.63) is 54.5 Å². The van der Waals surface area contributed by atoms with Crippen LogP contribution in [0.2, 0.25) is 5.02 Å². The minimum Gasteiger partial charge on any atom is -0.475 e. The summed E-state index contributed by atoms with van der Waals surface area (Å²) in [5.74, 6) is 1.76. The number of hydrogen-bond acceptors (Lipinski definition) is 11. The Morgan fingerprint density at radius 3 is 2.41 bits per heavy atom. The molecule has 14 heteroatoms. The molecular formula is C35H46ClN9O4. The van der Waals surface area contributed by atoms with Gasteiger partial charge in [0.15, 0.2) is 6.23 Å². The van der Waals surface area contributed by atoms with Crippen LogP contribution in [0.25, 0.3) is 11.1 Å². The number of ether oxygens (including phenoxy) is 4. The molecule has 4 atom stereocenters. The number of benzene rings is 1. The molecule has 3 aliphatic rings. The molecule has 1 unspecified atom stereocenters. The second-order valence-electron chi connectivity index (χ2n) is 13.5. The molecule has 2 saturated heterocycles. The van der Waals surface area contributed by atoms with Crippen LogP contribution in [-0.2, 0) is 9.47 Å². The quantitative estimate of drug-likeness (QED) is 0.160. The Morgan fingerprint density at radius 2 is 1.71 bits per heavy atom. The number of morpholine rings is 1. The van der Waals surface area contributed by atoms with Gasteiger partial charge in [-0.3, -0.25) is 9.58 Å². The van der Waals surface area contributed by atoms with Gasteiger partial charge < -0.3 is 24.3 Å². The van der Waals surface area contributed by atoms with Crippen molar-refractivity contribution in [3.8, 4) is 22.8 Å². The first-order valence-electron chi connectivity index (χ1n) is 17.4. The molecule has 7 rings (SSSR count). The molecule has 0 radical (unpaired) electrons. The lowest BCUT2D eigenvalue weighted by Crippen LogP contribution is -2.52. The van der Waals surface area contributed by atoms with Gasteiger partial charge in [-0.2, -0.15) is 5.10 Å². The average molecular weight is 692 g/mol. The molecule has 3 fully saturated rings. The highest BCUT2D eigenvalue weighted by molar-refractivity contribution is 6.32. The fourth-order valence-electron chi connectivity index (χ4n) is 7.46. The van der Waals surface area contributed by atoms with E-state index in [1.165, 1.54) is 32.0 Å². The molecule has 262 valence electrons. The summed E-state index contributed by atoms with van der Waals surface area (Å²) in [4.78, 5) is 16.1. The van der Waals surface area contributed by atoms with E-state index in [0.29, 0.717) is 66.4 Å². The van der Waals surface area contributed by atoms with Crippen LogP contribution < -0.4 is 14.8 Å². The Morgan fingerprint density at radius 1 is 0.980 bits per heavy atom. The summed E-state index contributed by atoms with van der Waals surface area (Å²) in [6, 6.07) is 7.76. The van der Waals surface area contributed by atoms with Gasteiger partial charge >= 0.3 is 0 Å². The fourth-order valence-corrected chi connectivity index (χ4v) is 7.62. The van der Waals surface area contributed by atoms with Crippen LogP contribution in [0, 0.1) is 5.92 Å². The van der Waals surface area contributed by atoms with E-state index < -0.39 is 0 Å². The predicted molar refractivity (Wildman–Crippen MR) is 185 cm³/mol. The third-order valence-corrected chi connectivity index (χ3v) is 10.2.